The van der Waals surface area contributed by atoms with E-state index in [9.17, 15) is 14.4 Å². The smallest absolute Gasteiger partial charge is 0.273 e. The number of aromatic nitrogens is 1. The highest BCUT2D eigenvalue weighted by molar-refractivity contribution is 8.00. The lowest BCUT2D eigenvalue weighted by atomic mass is 10.0. The van der Waals surface area contributed by atoms with Gasteiger partial charge in [0, 0.05) is 53.4 Å². The number of anilines is 1. The third kappa shape index (κ3) is 7.73. The molecule has 10 nitrogen and oxygen atoms in total. The highest BCUT2D eigenvalue weighted by Crippen LogP contribution is 2.34. The summed E-state index contributed by atoms with van der Waals surface area (Å²) in [6, 6.07) is 18.8. The highest BCUT2D eigenvalue weighted by atomic mass is 32.2. The van der Waals surface area contributed by atoms with E-state index in [0.29, 0.717) is 60.3 Å². The van der Waals surface area contributed by atoms with Gasteiger partial charge in [-0.3, -0.25) is 14.4 Å². The Bertz CT molecular complexity index is 1410. The summed E-state index contributed by atoms with van der Waals surface area (Å²) in [5, 5.41) is 19.7. The van der Waals surface area contributed by atoms with Crippen molar-refractivity contribution in [3.05, 3.63) is 84.3 Å². The Morgan fingerprint density at radius 3 is 2.60 bits per heavy atom. The van der Waals surface area contributed by atoms with Gasteiger partial charge in [0.15, 0.2) is 11.5 Å². The van der Waals surface area contributed by atoms with Crippen molar-refractivity contribution >= 4 is 35.2 Å². The minimum Gasteiger partial charge on any atom is -0.367 e. The first-order valence-corrected chi connectivity index (χ1v) is 15.3. The fourth-order valence-electron chi connectivity index (χ4n) is 5.15. The summed E-state index contributed by atoms with van der Waals surface area (Å²) >= 11 is 1.98. The van der Waals surface area contributed by atoms with Crippen molar-refractivity contribution in [2.75, 3.05) is 24.2 Å². The molecule has 0 unspecified atom stereocenters. The molecule has 1 aromatic heterocycles. The summed E-state index contributed by atoms with van der Waals surface area (Å²) in [6.07, 6.45) is 3.85. The number of nitrogens with zero attached hydrogens (tertiary/aromatic N) is 1. The largest absolute Gasteiger partial charge is 0.367 e. The fourth-order valence-corrected chi connectivity index (χ4v) is 6.69. The van der Waals surface area contributed by atoms with Crippen LogP contribution < -0.4 is 26.6 Å². The topological polar surface area (TPSA) is 137 Å². The number of fused-ring (bicyclic) bond motifs is 1. The molecule has 0 bridgehead atoms. The quantitative estimate of drug-likeness (QED) is 0.190. The van der Waals surface area contributed by atoms with Crippen LogP contribution in [0.15, 0.2) is 77.6 Å². The van der Waals surface area contributed by atoms with Crippen LogP contribution in [0.4, 0.5) is 5.69 Å². The number of unbranched alkanes of at least 4 members (excludes halogenated alkanes) is 1. The van der Waals surface area contributed by atoms with E-state index in [2.05, 4.69) is 38.3 Å². The van der Waals surface area contributed by atoms with Crippen LogP contribution in [0.3, 0.4) is 0 Å². The van der Waals surface area contributed by atoms with Crippen molar-refractivity contribution in [1.29, 1.82) is 0 Å². The molecule has 2 fully saturated rings. The van der Waals surface area contributed by atoms with Crippen molar-refractivity contribution in [2.24, 2.45) is 0 Å². The molecule has 0 saturated carbocycles. The molecule has 220 valence electrons. The summed E-state index contributed by atoms with van der Waals surface area (Å²) in [5.41, 5.74) is 2.10. The van der Waals surface area contributed by atoms with Crippen molar-refractivity contribution in [1.82, 2.24) is 26.4 Å². The summed E-state index contributed by atoms with van der Waals surface area (Å²) in [7, 11) is 0. The summed E-state index contributed by atoms with van der Waals surface area (Å²) in [5.74, 6) is 1.88. The lowest BCUT2D eigenvalue weighted by molar-refractivity contribution is -0.116. The minimum atomic E-state index is -0.337. The molecular weight excluding hydrogens is 552 g/mol. The lowest BCUT2D eigenvalue weighted by Crippen LogP contribution is -2.36. The Labute approximate surface area is 249 Å². The molecule has 11 heteroatoms. The van der Waals surface area contributed by atoms with Gasteiger partial charge in [-0.15, -0.1) is 0 Å². The van der Waals surface area contributed by atoms with Gasteiger partial charge in [0.25, 0.3) is 11.8 Å². The van der Waals surface area contributed by atoms with Crippen LogP contribution in [0, 0.1) is 0 Å². The zero-order valence-electron chi connectivity index (χ0n) is 23.4. The zero-order chi connectivity index (χ0) is 29.3. The predicted molar refractivity (Wildman–Crippen MR) is 164 cm³/mol. The van der Waals surface area contributed by atoms with Crippen molar-refractivity contribution < 1.29 is 18.9 Å². The molecule has 3 atom stereocenters. The van der Waals surface area contributed by atoms with Crippen LogP contribution in [0.5, 0.6) is 0 Å². The second kappa shape index (κ2) is 14.1. The van der Waals surface area contributed by atoms with Crippen LogP contribution in [0.25, 0.3) is 11.3 Å². The van der Waals surface area contributed by atoms with Gasteiger partial charge in [-0.1, -0.05) is 54.6 Å². The molecule has 5 N–H and O–H groups in total. The van der Waals surface area contributed by atoms with E-state index < -0.39 is 0 Å². The first-order chi connectivity index (χ1) is 20.5. The highest BCUT2D eigenvalue weighted by Gasteiger charge is 2.40. The van der Waals surface area contributed by atoms with E-state index in [-0.39, 0.29) is 23.4 Å². The van der Waals surface area contributed by atoms with Crippen LogP contribution >= 0.6 is 11.8 Å². The molecule has 2 aliphatic rings. The van der Waals surface area contributed by atoms with E-state index in [0.717, 1.165) is 36.4 Å². The maximum absolute atomic E-state index is 12.6. The van der Waals surface area contributed by atoms with Crippen LogP contribution in [-0.4, -0.2) is 59.1 Å². The molecule has 0 radical (unpaired) electrons. The van der Waals surface area contributed by atoms with Gasteiger partial charge in [0.2, 0.25) is 5.91 Å². The third-order valence-corrected chi connectivity index (χ3v) is 8.81. The number of carbonyl (C=O) groups is 3. The molecule has 2 aromatic carbocycles. The van der Waals surface area contributed by atoms with Gasteiger partial charge in [-0.2, -0.15) is 11.8 Å². The van der Waals surface area contributed by atoms with Crippen molar-refractivity contribution in [3.8, 4) is 11.3 Å². The second-order valence-corrected chi connectivity index (χ2v) is 11.7. The number of rotatable bonds is 13. The second-order valence-electron chi connectivity index (χ2n) is 10.5. The molecule has 2 saturated heterocycles. The average Bonchev–Trinajstić information content (AvgIpc) is 3.72. The zero-order valence-corrected chi connectivity index (χ0v) is 24.2. The number of hydrogen-bond acceptors (Lipinski definition) is 8. The predicted octanol–water partition coefficient (Wildman–Crippen LogP) is 3.91. The molecule has 3 aromatic rings. The Morgan fingerprint density at radius 1 is 0.952 bits per heavy atom. The molecular formula is C31H36N6O4S. The first-order valence-electron chi connectivity index (χ1n) is 14.3. The fraction of sp³-hybridized carbons (Fsp3) is 0.355. The standard InChI is InChI=1S/C31H36N6O4S/c1-20-34-25-19-42-27(29(25)35-20)13-5-6-14-28(38)36-23-12-7-11-22(17-23)30(39)32-15-8-16-33-31(40)24-18-26(41-37-24)21-9-3-2-4-10-21/h2-4,7,9-12,17-18,25,27,29,34-35H,1,5-6,8,13-16,19H2,(H,32,39)(H,33,40)(H,36,38)/t25-,27-,29-/m1/s1. The number of benzene rings is 2. The van der Waals surface area contributed by atoms with E-state index in [1.807, 2.05) is 42.1 Å². The maximum atomic E-state index is 12.6. The van der Waals surface area contributed by atoms with Gasteiger partial charge in [-0.05, 0) is 37.5 Å². The van der Waals surface area contributed by atoms with Crippen molar-refractivity contribution in [2.45, 2.75) is 49.4 Å². The Kier molecular flexibility index (Phi) is 9.81. The van der Waals surface area contributed by atoms with Crippen LogP contribution in [0.1, 0.15) is 53.0 Å². The maximum Gasteiger partial charge on any atom is 0.273 e. The monoisotopic (exact) mass is 588 g/mol. The van der Waals surface area contributed by atoms with E-state index in [4.69, 9.17) is 4.52 Å². The van der Waals surface area contributed by atoms with Crippen molar-refractivity contribution in [3.63, 3.8) is 0 Å². The molecule has 3 amide bonds. The normalized spacial score (nSPS) is 19.0. The van der Waals surface area contributed by atoms with Gasteiger partial charge >= 0.3 is 0 Å². The van der Waals surface area contributed by atoms with E-state index in [1.54, 1.807) is 30.3 Å². The summed E-state index contributed by atoms with van der Waals surface area (Å²) < 4.78 is 5.27. The summed E-state index contributed by atoms with van der Waals surface area (Å²) in [4.78, 5) is 37.5. The summed E-state index contributed by atoms with van der Waals surface area (Å²) in [6.45, 7) is 4.71. The Hall–Kier alpha value is -4.25. The lowest BCUT2D eigenvalue weighted by Gasteiger charge is -2.17. The SMILES string of the molecule is C=C1N[C@@H]2[C@@H](CS[C@@H]2CCCCC(=O)Nc2cccc(C(=O)NCCCNC(=O)c3cc(-c4ccccc4)on3)c2)N1. The first kappa shape index (κ1) is 29.2. The number of amides is 3. The third-order valence-electron chi connectivity index (χ3n) is 7.30. The molecule has 2 aliphatic heterocycles. The van der Waals surface area contributed by atoms with Gasteiger partial charge in [0.1, 0.15) is 0 Å². The molecule has 5 rings (SSSR count). The van der Waals surface area contributed by atoms with E-state index >= 15 is 0 Å². The van der Waals surface area contributed by atoms with Gasteiger partial charge in [0.05, 0.1) is 17.9 Å². The Morgan fingerprint density at radius 2 is 1.76 bits per heavy atom. The van der Waals surface area contributed by atoms with E-state index in [1.165, 1.54) is 0 Å². The molecule has 42 heavy (non-hydrogen) atoms. The number of thioether (sulfide) groups is 1. The molecule has 3 heterocycles. The average molecular weight is 589 g/mol. The number of carbonyl (C=O) groups excluding carboxylic acids is 3. The molecule has 0 aliphatic carbocycles. The number of hydrogen-bond donors (Lipinski definition) is 5. The van der Waals surface area contributed by atoms with Crippen LogP contribution in [0.2, 0.25) is 0 Å². The molecule has 0 spiro atoms. The van der Waals surface area contributed by atoms with Gasteiger partial charge in [-0.25, -0.2) is 0 Å². The Balaban J connectivity index is 0.967. The van der Waals surface area contributed by atoms with Gasteiger partial charge < -0.3 is 31.1 Å². The minimum absolute atomic E-state index is 0.0581. The van der Waals surface area contributed by atoms with Crippen LogP contribution in [-0.2, 0) is 4.79 Å². The number of nitrogens with one attached hydrogen (secondary N) is 5.